The number of carbonyl (C=O) groups excluding carboxylic acids is 2. The van der Waals surface area contributed by atoms with Crippen LogP contribution in [0, 0.1) is 0 Å². The van der Waals surface area contributed by atoms with Crippen molar-refractivity contribution in [1.29, 1.82) is 0 Å². The molecule has 0 spiro atoms. The van der Waals surface area contributed by atoms with E-state index in [9.17, 15) is 14.4 Å². The molecule has 29 heavy (non-hydrogen) atoms. The Morgan fingerprint density at radius 1 is 1.00 bits per heavy atom. The van der Waals surface area contributed by atoms with Gasteiger partial charge in [0.2, 0.25) is 0 Å². The van der Waals surface area contributed by atoms with Crippen LogP contribution in [0.3, 0.4) is 0 Å². The molecule has 1 atom stereocenters. The van der Waals surface area contributed by atoms with Crippen LogP contribution >= 0.6 is 11.8 Å². The third kappa shape index (κ3) is 15.6. The van der Waals surface area contributed by atoms with Crippen LogP contribution in [0.25, 0.3) is 0 Å². The van der Waals surface area contributed by atoms with E-state index in [0.717, 1.165) is 32.8 Å². The van der Waals surface area contributed by atoms with Crippen molar-refractivity contribution in [2.75, 3.05) is 18.6 Å². The molecule has 0 aliphatic carbocycles. The number of ether oxygens (including phenoxy) is 1. The maximum Gasteiger partial charge on any atom is 0.396 e. The highest BCUT2D eigenvalue weighted by Gasteiger charge is 2.23. The predicted octanol–water partition coefficient (Wildman–Crippen LogP) is 4.52. The number of carbonyl (C=O) groups is 3. The van der Waals surface area contributed by atoms with Crippen molar-refractivity contribution < 1.29 is 24.2 Å². The van der Waals surface area contributed by atoms with E-state index in [1.807, 2.05) is 0 Å². The molecular weight excluding hydrogens is 390 g/mol. The van der Waals surface area contributed by atoms with Crippen molar-refractivity contribution in [2.24, 2.45) is 0 Å². The highest BCUT2D eigenvalue weighted by Crippen LogP contribution is 2.13. The summed E-state index contributed by atoms with van der Waals surface area (Å²) in [6.45, 7) is 8.43. The second kappa shape index (κ2) is 16.9. The number of esters is 1. The summed E-state index contributed by atoms with van der Waals surface area (Å²) in [7, 11) is 1.07. The van der Waals surface area contributed by atoms with Crippen LogP contribution in [0.1, 0.15) is 60.8 Å². The molecule has 0 radical (unpaired) electrons. The zero-order chi connectivity index (χ0) is 21.5. The van der Waals surface area contributed by atoms with Gasteiger partial charge in [-0.2, -0.15) is 11.8 Å². The largest absolute Gasteiger partial charge is 0.480 e. The standard InChI is InChI=1S/C21H33NO5S.CH4/c1-15(2)8-6-9-16(3)10-7-11-17(4)12-13-28-14-18(20(24)25)22-19(23)21(26)27-5;/h8,10,12,18H,6-7,9,11,13-14H2,1-5H3,(H,22,23)(H,24,25);1H4/b16-10+,17-12+;/t18-;/m0./s1. The van der Waals surface area contributed by atoms with Gasteiger partial charge in [-0.1, -0.05) is 42.4 Å². The summed E-state index contributed by atoms with van der Waals surface area (Å²) >= 11 is 1.39. The zero-order valence-corrected chi connectivity index (χ0v) is 18.4. The highest BCUT2D eigenvalue weighted by molar-refractivity contribution is 7.99. The van der Waals surface area contributed by atoms with Gasteiger partial charge < -0.3 is 15.2 Å². The molecule has 7 heteroatoms. The fraction of sp³-hybridized carbons (Fsp3) is 0.591. The van der Waals surface area contributed by atoms with Gasteiger partial charge in [0, 0.05) is 11.5 Å². The Morgan fingerprint density at radius 2 is 1.55 bits per heavy atom. The van der Waals surface area contributed by atoms with Crippen LogP contribution < -0.4 is 5.32 Å². The van der Waals surface area contributed by atoms with Crippen LogP contribution in [0.5, 0.6) is 0 Å². The van der Waals surface area contributed by atoms with E-state index in [0.29, 0.717) is 5.75 Å². The van der Waals surface area contributed by atoms with Gasteiger partial charge in [0.25, 0.3) is 0 Å². The van der Waals surface area contributed by atoms with Gasteiger partial charge >= 0.3 is 17.8 Å². The molecule has 1 amide bonds. The molecule has 2 N–H and O–H groups in total. The number of rotatable bonds is 12. The van der Waals surface area contributed by atoms with Gasteiger partial charge in [0.05, 0.1) is 7.11 Å². The molecule has 166 valence electrons. The van der Waals surface area contributed by atoms with E-state index in [4.69, 9.17) is 5.11 Å². The lowest BCUT2D eigenvalue weighted by molar-refractivity contribution is -0.154. The van der Waals surface area contributed by atoms with Crippen LogP contribution in [0.15, 0.2) is 34.9 Å². The number of methoxy groups -OCH3 is 1. The number of thioether (sulfide) groups is 1. The number of hydrogen-bond acceptors (Lipinski definition) is 5. The summed E-state index contributed by atoms with van der Waals surface area (Å²) in [6, 6.07) is -1.13. The molecule has 0 fully saturated rings. The minimum atomic E-state index is -1.18. The molecular formula is C22H37NO5S. The summed E-state index contributed by atoms with van der Waals surface area (Å²) in [5, 5.41) is 11.3. The smallest absolute Gasteiger partial charge is 0.396 e. The van der Waals surface area contributed by atoms with Crippen molar-refractivity contribution in [2.45, 2.75) is 66.8 Å². The maximum absolute atomic E-state index is 11.4. The van der Waals surface area contributed by atoms with Gasteiger partial charge in [0.15, 0.2) is 0 Å². The van der Waals surface area contributed by atoms with Crippen molar-refractivity contribution in [3.63, 3.8) is 0 Å². The third-order valence-corrected chi connectivity index (χ3v) is 4.90. The van der Waals surface area contributed by atoms with Crippen LogP contribution in [0.4, 0.5) is 0 Å². The number of carboxylic acid groups (broad SMARTS) is 1. The van der Waals surface area contributed by atoms with Gasteiger partial charge in [-0.15, -0.1) is 0 Å². The van der Waals surface area contributed by atoms with Crippen molar-refractivity contribution in [3.05, 3.63) is 34.9 Å². The monoisotopic (exact) mass is 427 g/mol. The quantitative estimate of drug-likeness (QED) is 0.206. The van der Waals surface area contributed by atoms with E-state index in [1.165, 1.54) is 28.5 Å². The first-order chi connectivity index (χ1) is 13.2. The summed E-state index contributed by atoms with van der Waals surface area (Å²) in [4.78, 5) is 33.7. The normalized spacial score (nSPS) is 12.4. The Balaban J connectivity index is 0. The summed E-state index contributed by atoms with van der Waals surface area (Å²) in [6.07, 6.45) is 10.7. The van der Waals surface area contributed by atoms with Gasteiger partial charge in [-0.3, -0.25) is 4.79 Å². The average Bonchev–Trinajstić information content (AvgIpc) is 2.62. The lowest BCUT2D eigenvalue weighted by Crippen LogP contribution is -2.45. The van der Waals surface area contributed by atoms with E-state index in [1.54, 1.807) is 0 Å². The first kappa shape index (κ1) is 29.2. The first-order valence-electron chi connectivity index (χ1n) is 9.31. The fourth-order valence-electron chi connectivity index (χ4n) is 2.21. The fourth-order valence-corrected chi connectivity index (χ4v) is 3.21. The molecule has 0 rings (SSSR count). The van der Waals surface area contributed by atoms with Crippen LogP contribution in [-0.2, 0) is 19.1 Å². The lowest BCUT2D eigenvalue weighted by atomic mass is 10.1. The van der Waals surface area contributed by atoms with E-state index in [-0.39, 0.29) is 13.2 Å². The number of carboxylic acids is 1. The molecule has 0 saturated carbocycles. The first-order valence-corrected chi connectivity index (χ1v) is 10.5. The molecule has 6 nitrogen and oxygen atoms in total. The minimum Gasteiger partial charge on any atom is -0.480 e. The molecule has 0 bridgehead atoms. The second-order valence-electron chi connectivity index (χ2n) is 6.85. The van der Waals surface area contributed by atoms with Gasteiger partial charge in [-0.25, -0.2) is 9.59 Å². The molecule has 0 aromatic carbocycles. The molecule has 0 unspecified atom stereocenters. The Bertz CT molecular complexity index is 619. The highest BCUT2D eigenvalue weighted by atomic mass is 32.2. The number of amides is 1. The SMILES string of the molecule is C.COC(=O)C(=O)N[C@@H](CSC/C=C(\C)CC/C=C(\C)CCC=C(C)C)C(=O)O. The molecule has 0 aromatic heterocycles. The lowest BCUT2D eigenvalue weighted by Gasteiger charge is -2.12. The predicted molar refractivity (Wildman–Crippen MR) is 121 cm³/mol. The summed E-state index contributed by atoms with van der Waals surface area (Å²) in [5.74, 6) is -2.51. The zero-order valence-electron chi connectivity index (χ0n) is 17.5. The molecule has 0 aliphatic rings. The summed E-state index contributed by atoms with van der Waals surface area (Å²) < 4.78 is 4.27. The third-order valence-electron chi connectivity index (χ3n) is 3.93. The Hall–Kier alpha value is -2.02. The molecule has 0 aromatic rings. The maximum atomic E-state index is 11.4. The number of hydrogen-bond donors (Lipinski definition) is 2. The second-order valence-corrected chi connectivity index (χ2v) is 7.93. The Labute approximate surface area is 179 Å². The molecule has 0 aliphatic heterocycles. The van der Waals surface area contributed by atoms with Crippen molar-refractivity contribution in [1.82, 2.24) is 5.32 Å². The number of nitrogens with one attached hydrogen (secondary N) is 1. The van der Waals surface area contributed by atoms with Gasteiger partial charge in [-0.05, 0) is 53.4 Å². The van der Waals surface area contributed by atoms with E-state index >= 15 is 0 Å². The van der Waals surface area contributed by atoms with E-state index in [2.05, 4.69) is 56.0 Å². The van der Waals surface area contributed by atoms with E-state index < -0.39 is 23.9 Å². The topological polar surface area (TPSA) is 92.7 Å². The van der Waals surface area contributed by atoms with Crippen molar-refractivity contribution >= 4 is 29.6 Å². The number of allylic oxidation sites excluding steroid dienone is 5. The Morgan fingerprint density at radius 3 is 2.07 bits per heavy atom. The van der Waals surface area contributed by atoms with Crippen molar-refractivity contribution in [3.8, 4) is 0 Å². The minimum absolute atomic E-state index is 0. The molecule has 0 heterocycles. The summed E-state index contributed by atoms with van der Waals surface area (Å²) in [5.41, 5.74) is 3.98. The number of aliphatic carboxylic acids is 1. The van der Waals surface area contributed by atoms with Crippen LogP contribution in [0.2, 0.25) is 0 Å². The average molecular weight is 428 g/mol. The molecule has 0 saturated heterocycles. The van der Waals surface area contributed by atoms with Gasteiger partial charge in [0.1, 0.15) is 6.04 Å². The van der Waals surface area contributed by atoms with Crippen LogP contribution in [-0.4, -0.2) is 47.6 Å². The Kier molecular flexibility index (Phi) is 17.0.